The predicted octanol–water partition coefficient (Wildman–Crippen LogP) is 3.77. The van der Waals surface area contributed by atoms with Gasteiger partial charge in [-0.3, -0.25) is 9.69 Å². The van der Waals surface area contributed by atoms with Crippen LogP contribution in [0.3, 0.4) is 0 Å². The highest BCUT2D eigenvalue weighted by molar-refractivity contribution is 5.78. The van der Waals surface area contributed by atoms with E-state index in [1.807, 2.05) is 19.1 Å². The lowest BCUT2D eigenvalue weighted by Gasteiger charge is -2.31. The van der Waals surface area contributed by atoms with Gasteiger partial charge in [0.15, 0.2) is 0 Å². The van der Waals surface area contributed by atoms with E-state index in [-0.39, 0.29) is 11.8 Å². The molecule has 2 aliphatic heterocycles. The van der Waals surface area contributed by atoms with Gasteiger partial charge < -0.3 is 14.6 Å². The van der Waals surface area contributed by atoms with Crippen LogP contribution < -0.4 is 5.32 Å². The predicted molar refractivity (Wildman–Crippen MR) is 123 cm³/mol. The number of amides is 1. The lowest BCUT2D eigenvalue weighted by atomic mass is 9.96. The van der Waals surface area contributed by atoms with E-state index in [1.54, 1.807) is 0 Å². The molecule has 6 heteroatoms. The number of aryl methyl sites for hydroxylation is 2. The Morgan fingerprint density at radius 1 is 1.06 bits per heavy atom. The molecule has 1 aromatic carbocycles. The number of carbonyl (C=O) groups is 1. The Labute approximate surface area is 186 Å². The quantitative estimate of drug-likeness (QED) is 0.733. The molecule has 2 saturated heterocycles. The first kappa shape index (κ1) is 22.0. The number of benzene rings is 1. The van der Waals surface area contributed by atoms with E-state index in [1.165, 1.54) is 37.9 Å². The molecule has 1 aromatic heterocycles. The molecule has 31 heavy (non-hydrogen) atoms. The first-order chi connectivity index (χ1) is 15.1. The number of hydrogen-bond donors (Lipinski definition) is 1. The molecule has 2 aliphatic rings. The average molecular weight is 425 g/mol. The fourth-order valence-corrected chi connectivity index (χ4v) is 4.73. The minimum Gasteiger partial charge on any atom is -0.441 e. The normalized spacial score (nSPS) is 18.9. The lowest BCUT2D eigenvalue weighted by molar-refractivity contribution is -0.126. The van der Waals surface area contributed by atoms with E-state index in [4.69, 9.17) is 9.40 Å². The van der Waals surface area contributed by atoms with Gasteiger partial charge >= 0.3 is 0 Å². The summed E-state index contributed by atoms with van der Waals surface area (Å²) in [5.41, 5.74) is 3.22. The van der Waals surface area contributed by atoms with Crippen LogP contribution in [0.4, 0.5) is 0 Å². The molecular weight excluding hydrogens is 388 g/mol. The molecule has 0 atom stereocenters. The number of carbonyl (C=O) groups excluding carboxylic acids is 1. The molecule has 0 unspecified atom stereocenters. The second kappa shape index (κ2) is 10.4. The molecule has 6 nitrogen and oxygen atoms in total. The number of piperidine rings is 2. The van der Waals surface area contributed by atoms with Gasteiger partial charge in [-0.1, -0.05) is 24.6 Å². The molecule has 0 bridgehead atoms. The van der Waals surface area contributed by atoms with Gasteiger partial charge in [0.05, 0.1) is 5.69 Å². The van der Waals surface area contributed by atoms with Crippen LogP contribution in [0.5, 0.6) is 0 Å². The molecule has 0 spiro atoms. The summed E-state index contributed by atoms with van der Waals surface area (Å²) in [5.74, 6) is 1.96. The number of aromatic nitrogens is 1. The molecule has 4 rings (SSSR count). The molecule has 1 N–H and O–H groups in total. The van der Waals surface area contributed by atoms with Gasteiger partial charge in [0.25, 0.3) is 0 Å². The largest absolute Gasteiger partial charge is 0.441 e. The Morgan fingerprint density at radius 3 is 2.55 bits per heavy atom. The number of hydrogen-bond acceptors (Lipinski definition) is 5. The molecular formula is C25H36N4O2. The molecule has 0 saturated carbocycles. The monoisotopic (exact) mass is 424 g/mol. The zero-order valence-electron chi connectivity index (χ0n) is 19.0. The van der Waals surface area contributed by atoms with Crippen LogP contribution in [-0.2, 0) is 11.3 Å². The molecule has 2 fully saturated rings. The van der Waals surface area contributed by atoms with Crippen molar-refractivity contribution in [1.82, 2.24) is 20.1 Å². The minimum absolute atomic E-state index is 0.138. The summed E-state index contributed by atoms with van der Waals surface area (Å²) in [6.45, 7) is 10.8. The standard InChI is InChI=1S/C25H36N4O2/c1-19-8-4-5-9-22(19)25-27-23(20(2)31-25)18-29-15-10-21(11-16-29)24(30)26-12-17-28-13-6-3-7-14-28/h4-5,8-9,21H,3,6-7,10-18H2,1-2H3,(H,26,30). The highest BCUT2D eigenvalue weighted by Crippen LogP contribution is 2.26. The van der Waals surface area contributed by atoms with Crippen LogP contribution in [-0.4, -0.2) is 60.0 Å². The highest BCUT2D eigenvalue weighted by Gasteiger charge is 2.26. The third-order valence-electron chi connectivity index (χ3n) is 6.78. The van der Waals surface area contributed by atoms with Crippen LogP contribution in [0.25, 0.3) is 11.5 Å². The summed E-state index contributed by atoms with van der Waals surface area (Å²) in [4.78, 5) is 22.2. The number of likely N-dealkylation sites (tertiary alicyclic amines) is 2. The summed E-state index contributed by atoms with van der Waals surface area (Å²) in [6.07, 6.45) is 5.77. The second-order valence-corrected chi connectivity index (χ2v) is 9.08. The van der Waals surface area contributed by atoms with Crippen LogP contribution >= 0.6 is 0 Å². The average Bonchev–Trinajstić information content (AvgIpc) is 3.15. The second-order valence-electron chi connectivity index (χ2n) is 9.08. The fraction of sp³-hybridized carbons (Fsp3) is 0.600. The van der Waals surface area contributed by atoms with Gasteiger partial charge in [-0.05, 0) is 77.3 Å². The fourth-order valence-electron chi connectivity index (χ4n) is 4.73. The maximum absolute atomic E-state index is 12.6. The Bertz CT molecular complexity index is 864. The van der Waals surface area contributed by atoms with Crippen LogP contribution in [0.1, 0.15) is 49.1 Å². The first-order valence-electron chi connectivity index (χ1n) is 11.8. The minimum atomic E-state index is 0.138. The van der Waals surface area contributed by atoms with E-state index in [2.05, 4.69) is 34.2 Å². The Hall–Kier alpha value is -2.18. The summed E-state index contributed by atoms with van der Waals surface area (Å²) in [6, 6.07) is 8.18. The molecule has 0 radical (unpaired) electrons. The summed E-state index contributed by atoms with van der Waals surface area (Å²) >= 11 is 0. The van der Waals surface area contributed by atoms with Crippen molar-refractivity contribution in [3.05, 3.63) is 41.3 Å². The SMILES string of the molecule is Cc1ccccc1-c1nc(CN2CCC(C(=O)NCCN3CCCCC3)CC2)c(C)o1. The number of rotatable bonds is 7. The van der Waals surface area contributed by atoms with Gasteiger partial charge in [0.1, 0.15) is 5.76 Å². The Kier molecular flexibility index (Phi) is 7.41. The van der Waals surface area contributed by atoms with E-state index in [0.29, 0.717) is 5.89 Å². The molecule has 2 aromatic rings. The van der Waals surface area contributed by atoms with Crippen molar-refractivity contribution < 1.29 is 9.21 Å². The van der Waals surface area contributed by atoms with Crippen molar-refractivity contribution >= 4 is 5.91 Å². The van der Waals surface area contributed by atoms with Crippen molar-refractivity contribution in [3.8, 4) is 11.5 Å². The van der Waals surface area contributed by atoms with Crippen LogP contribution in [0.15, 0.2) is 28.7 Å². The number of oxazole rings is 1. The summed E-state index contributed by atoms with van der Waals surface area (Å²) in [7, 11) is 0. The van der Waals surface area contributed by atoms with Crippen LogP contribution in [0, 0.1) is 19.8 Å². The third kappa shape index (κ3) is 5.74. The van der Waals surface area contributed by atoms with Crippen LogP contribution in [0.2, 0.25) is 0 Å². The van der Waals surface area contributed by atoms with Gasteiger partial charge in [-0.15, -0.1) is 0 Å². The lowest BCUT2D eigenvalue weighted by Crippen LogP contribution is -2.43. The van der Waals surface area contributed by atoms with Gasteiger partial charge in [0.2, 0.25) is 11.8 Å². The van der Waals surface area contributed by atoms with Crippen molar-refractivity contribution in [2.24, 2.45) is 5.92 Å². The zero-order chi connectivity index (χ0) is 21.6. The smallest absolute Gasteiger partial charge is 0.226 e. The van der Waals surface area contributed by atoms with Gasteiger partial charge in [-0.2, -0.15) is 0 Å². The van der Waals surface area contributed by atoms with Crippen molar-refractivity contribution in [2.45, 2.75) is 52.5 Å². The topological polar surface area (TPSA) is 61.6 Å². The zero-order valence-corrected chi connectivity index (χ0v) is 19.0. The molecule has 1 amide bonds. The molecule has 3 heterocycles. The maximum Gasteiger partial charge on any atom is 0.226 e. The van der Waals surface area contributed by atoms with Gasteiger partial charge in [0, 0.05) is 31.1 Å². The third-order valence-corrected chi connectivity index (χ3v) is 6.78. The first-order valence-corrected chi connectivity index (χ1v) is 11.8. The summed E-state index contributed by atoms with van der Waals surface area (Å²) in [5, 5.41) is 3.17. The Balaban J connectivity index is 1.23. The molecule has 0 aliphatic carbocycles. The number of nitrogens with zero attached hydrogens (tertiary/aromatic N) is 3. The van der Waals surface area contributed by atoms with E-state index in [0.717, 1.165) is 62.6 Å². The Morgan fingerprint density at radius 2 is 1.81 bits per heavy atom. The van der Waals surface area contributed by atoms with E-state index < -0.39 is 0 Å². The number of nitrogens with one attached hydrogen (secondary N) is 1. The maximum atomic E-state index is 12.6. The molecule has 168 valence electrons. The van der Waals surface area contributed by atoms with E-state index in [9.17, 15) is 4.79 Å². The highest BCUT2D eigenvalue weighted by atomic mass is 16.4. The summed E-state index contributed by atoms with van der Waals surface area (Å²) < 4.78 is 5.97. The van der Waals surface area contributed by atoms with Crippen molar-refractivity contribution in [3.63, 3.8) is 0 Å². The van der Waals surface area contributed by atoms with Crippen molar-refractivity contribution in [2.75, 3.05) is 39.3 Å². The van der Waals surface area contributed by atoms with Gasteiger partial charge in [-0.25, -0.2) is 4.98 Å². The van der Waals surface area contributed by atoms with Crippen molar-refractivity contribution in [1.29, 1.82) is 0 Å². The van der Waals surface area contributed by atoms with E-state index >= 15 is 0 Å².